The number of anilines is 1. The lowest BCUT2D eigenvalue weighted by Gasteiger charge is -2.19. The molecule has 0 spiro atoms. The van der Waals surface area contributed by atoms with Crippen LogP contribution in [0, 0.1) is 0 Å². The van der Waals surface area contributed by atoms with Gasteiger partial charge >= 0.3 is 0 Å². The first-order valence-electron chi connectivity index (χ1n) is 4.88. The van der Waals surface area contributed by atoms with Crippen molar-refractivity contribution in [3.63, 3.8) is 0 Å². The molecule has 0 aliphatic carbocycles. The molecule has 0 aromatic heterocycles. The Kier molecular flexibility index (Phi) is 3.45. The van der Waals surface area contributed by atoms with Crippen LogP contribution in [0.3, 0.4) is 0 Å². The predicted molar refractivity (Wildman–Crippen MR) is 59.5 cm³/mol. The lowest BCUT2D eigenvalue weighted by molar-refractivity contribution is 0.0524. The zero-order chi connectivity index (χ0) is 11.5. The van der Waals surface area contributed by atoms with E-state index in [-0.39, 0.29) is 5.56 Å². The van der Waals surface area contributed by atoms with E-state index in [4.69, 9.17) is 0 Å². The molecule has 0 aliphatic heterocycles. The van der Waals surface area contributed by atoms with Gasteiger partial charge in [-0.15, -0.1) is 0 Å². The molecular weight excluding hydrogens is 196 g/mol. The van der Waals surface area contributed by atoms with Gasteiger partial charge in [-0.25, -0.2) is 0 Å². The summed E-state index contributed by atoms with van der Waals surface area (Å²) in [6, 6.07) is 5.13. The molecule has 1 nitrogen and oxygen atoms in total. The molecule has 0 saturated carbocycles. The molecule has 0 fully saturated rings. The van der Waals surface area contributed by atoms with Crippen molar-refractivity contribution in [1.29, 1.82) is 0 Å². The number of hydrogen-bond donors (Lipinski definition) is 1. The normalized spacial score (nSPS) is 11.2. The van der Waals surface area contributed by atoms with Gasteiger partial charge < -0.3 is 5.32 Å². The molecule has 1 rings (SSSR count). The SMILES string of the molecule is C=CC(F)(F)c1c(CC)cccc1NC. The number of hydrogen-bond acceptors (Lipinski definition) is 1. The van der Waals surface area contributed by atoms with Crippen LogP contribution < -0.4 is 5.32 Å². The molecule has 0 amide bonds. The van der Waals surface area contributed by atoms with Crippen molar-refractivity contribution in [2.24, 2.45) is 0 Å². The van der Waals surface area contributed by atoms with E-state index in [0.29, 0.717) is 23.7 Å². The fourth-order valence-corrected chi connectivity index (χ4v) is 1.60. The molecular formula is C12H15F2N. The van der Waals surface area contributed by atoms with E-state index in [1.165, 1.54) is 0 Å². The minimum atomic E-state index is -2.98. The van der Waals surface area contributed by atoms with Crippen LogP contribution in [0.15, 0.2) is 30.9 Å². The van der Waals surface area contributed by atoms with Crippen LogP contribution in [0.4, 0.5) is 14.5 Å². The van der Waals surface area contributed by atoms with Crippen LogP contribution >= 0.6 is 0 Å². The Hall–Kier alpha value is -1.38. The average Bonchev–Trinajstić information content (AvgIpc) is 2.27. The third-order valence-corrected chi connectivity index (χ3v) is 2.39. The van der Waals surface area contributed by atoms with Gasteiger partial charge in [0.05, 0.1) is 5.56 Å². The Bertz CT molecular complexity index is 336. The fourth-order valence-electron chi connectivity index (χ4n) is 1.60. The number of halogens is 2. The second-order valence-corrected chi connectivity index (χ2v) is 3.27. The van der Waals surface area contributed by atoms with Crippen molar-refractivity contribution < 1.29 is 8.78 Å². The van der Waals surface area contributed by atoms with Gasteiger partial charge in [-0.05, 0) is 24.1 Å². The number of allylic oxidation sites excluding steroid dienone is 1. The zero-order valence-electron chi connectivity index (χ0n) is 8.98. The maximum Gasteiger partial charge on any atom is 0.293 e. The largest absolute Gasteiger partial charge is 0.388 e. The van der Waals surface area contributed by atoms with E-state index in [1.807, 2.05) is 6.92 Å². The van der Waals surface area contributed by atoms with Gasteiger partial charge in [-0.2, -0.15) is 8.78 Å². The maximum absolute atomic E-state index is 13.6. The summed E-state index contributed by atoms with van der Waals surface area (Å²) in [5.74, 6) is -2.98. The zero-order valence-corrected chi connectivity index (χ0v) is 8.98. The maximum atomic E-state index is 13.6. The predicted octanol–water partition coefficient (Wildman–Crippen LogP) is 3.57. The molecule has 1 aromatic carbocycles. The van der Waals surface area contributed by atoms with Gasteiger partial charge in [0.25, 0.3) is 5.92 Å². The van der Waals surface area contributed by atoms with Crippen LogP contribution in [-0.4, -0.2) is 7.05 Å². The van der Waals surface area contributed by atoms with Crippen molar-refractivity contribution in [3.8, 4) is 0 Å². The smallest absolute Gasteiger partial charge is 0.293 e. The highest BCUT2D eigenvalue weighted by atomic mass is 19.3. The number of alkyl halides is 2. The van der Waals surface area contributed by atoms with Gasteiger partial charge in [0.15, 0.2) is 0 Å². The van der Waals surface area contributed by atoms with Crippen LogP contribution in [0.2, 0.25) is 0 Å². The molecule has 82 valence electrons. The third kappa shape index (κ3) is 2.17. The molecule has 15 heavy (non-hydrogen) atoms. The van der Waals surface area contributed by atoms with Crippen molar-refractivity contribution in [1.82, 2.24) is 0 Å². The summed E-state index contributed by atoms with van der Waals surface area (Å²) in [4.78, 5) is 0. The molecule has 0 heterocycles. The summed E-state index contributed by atoms with van der Waals surface area (Å²) in [5.41, 5.74) is 1.14. The second-order valence-electron chi connectivity index (χ2n) is 3.27. The summed E-state index contributed by atoms with van der Waals surface area (Å²) in [5, 5.41) is 2.78. The number of rotatable bonds is 4. The first kappa shape index (κ1) is 11.7. The molecule has 0 radical (unpaired) electrons. The second kappa shape index (κ2) is 4.43. The number of benzene rings is 1. The fraction of sp³-hybridized carbons (Fsp3) is 0.333. The van der Waals surface area contributed by atoms with Gasteiger partial charge in [-0.3, -0.25) is 0 Å². The van der Waals surface area contributed by atoms with E-state index in [2.05, 4.69) is 11.9 Å². The highest BCUT2D eigenvalue weighted by Gasteiger charge is 2.32. The molecule has 1 N–H and O–H groups in total. The number of nitrogens with one attached hydrogen (secondary N) is 1. The Morgan fingerprint density at radius 3 is 2.60 bits per heavy atom. The van der Waals surface area contributed by atoms with E-state index in [1.54, 1.807) is 25.2 Å². The third-order valence-electron chi connectivity index (χ3n) is 2.39. The minimum absolute atomic E-state index is 0.0324. The van der Waals surface area contributed by atoms with Gasteiger partial charge in [0.2, 0.25) is 0 Å². The molecule has 0 aliphatic rings. The van der Waals surface area contributed by atoms with E-state index in [9.17, 15) is 8.78 Å². The first-order chi connectivity index (χ1) is 7.06. The van der Waals surface area contributed by atoms with Crippen LogP contribution in [0.1, 0.15) is 18.1 Å². The first-order valence-corrected chi connectivity index (χ1v) is 4.88. The van der Waals surface area contributed by atoms with Crippen molar-refractivity contribution in [3.05, 3.63) is 42.0 Å². The van der Waals surface area contributed by atoms with Crippen LogP contribution in [-0.2, 0) is 12.3 Å². The monoisotopic (exact) mass is 211 g/mol. The molecule has 0 bridgehead atoms. The Morgan fingerprint density at radius 1 is 1.47 bits per heavy atom. The molecule has 0 saturated heterocycles. The highest BCUT2D eigenvalue weighted by Crippen LogP contribution is 2.37. The van der Waals surface area contributed by atoms with E-state index in [0.717, 1.165) is 0 Å². The average molecular weight is 211 g/mol. The Labute approximate surface area is 88.8 Å². The van der Waals surface area contributed by atoms with Gasteiger partial charge in [0, 0.05) is 12.7 Å². The molecule has 0 unspecified atom stereocenters. The topological polar surface area (TPSA) is 12.0 Å². The summed E-state index contributed by atoms with van der Waals surface area (Å²) in [6.45, 7) is 5.04. The van der Waals surface area contributed by atoms with Gasteiger partial charge in [-0.1, -0.05) is 25.6 Å². The summed E-state index contributed by atoms with van der Waals surface area (Å²) < 4.78 is 27.2. The summed E-state index contributed by atoms with van der Waals surface area (Å²) in [6.07, 6.45) is 1.26. The molecule has 1 aromatic rings. The quantitative estimate of drug-likeness (QED) is 0.751. The van der Waals surface area contributed by atoms with E-state index < -0.39 is 5.92 Å². The van der Waals surface area contributed by atoms with Crippen LogP contribution in [0.5, 0.6) is 0 Å². The molecule has 3 heteroatoms. The van der Waals surface area contributed by atoms with Crippen molar-refractivity contribution in [2.75, 3.05) is 12.4 Å². The number of aryl methyl sites for hydroxylation is 1. The van der Waals surface area contributed by atoms with Gasteiger partial charge in [0.1, 0.15) is 0 Å². The van der Waals surface area contributed by atoms with E-state index >= 15 is 0 Å². The Morgan fingerprint density at radius 2 is 2.13 bits per heavy atom. The summed E-state index contributed by atoms with van der Waals surface area (Å²) >= 11 is 0. The summed E-state index contributed by atoms with van der Waals surface area (Å²) in [7, 11) is 1.64. The lowest BCUT2D eigenvalue weighted by Crippen LogP contribution is -2.15. The van der Waals surface area contributed by atoms with Crippen molar-refractivity contribution >= 4 is 5.69 Å². The van der Waals surface area contributed by atoms with Crippen molar-refractivity contribution in [2.45, 2.75) is 19.3 Å². The molecule has 0 atom stereocenters. The Balaban J connectivity index is 3.40. The highest BCUT2D eigenvalue weighted by molar-refractivity contribution is 5.57. The lowest BCUT2D eigenvalue weighted by atomic mass is 9.97. The standard InChI is InChI=1S/C12H15F2N/c1-4-9-7-6-8-10(15-3)11(9)12(13,14)5-2/h5-8,15H,2,4H2,1,3H3. The van der Waals surface area contributed by atoms with Crippen LogP contribution in [0.25, 0.3) is 0 Å². The minimum Gasteiger partial charge on any atom is -0.388 e.